The number of nitriles is 1. The minimum absolute atomic E-state index is 0.186. The summed E-state index contributed by atoms with van der Waals surface area (Å²) >= 11 is 0. The predicted molar refractivity (Wildman–Crippen MR) is 56.8 cm³/mol. The average Bonchev–Trinajstić information content (AvgIpc) is 2.26. The van der Waals surface area contributed by atoms with E-state index in [1.807, 2.05) is 0 Å². The third-order valence-corrected chi connectivity index (χ3v) is 4.40. The lowest BCUT2D eigenvalue weighted by molar-refractivity contribution is 0.584. The number of aromatic nitrogens is 2. The van der Waals surface area contributed by atoms with Crippen LogP contribution in [0.25, 0.3) is 0 Å². The van der Waals surface area contributed by atoms with Crippen LogP contribution in [-0.2, 0) is 19.9 Å². The molecule has 0 radical (unpaired) electrons. The highest BCUT2D eigenvalue weighted by Gasteiger charge is 2.23. The van der Waals surface area contributed by atoms with Crippen LogP contribution in [-0.4, -0.2) is 38.5 Å². The molecule has 1 rings (SSSR count). The summed E-state index contributed by atoms with van der Waals surface area (Å²) < 4.78 is 44.7. The van der Waals surface area contributed by atoms with Crippen LogP contribution in [0.3, 0.4) is 0 Å². The highest BCUT2D eigenvalue weighted by Crippen LogP contribution is 2.11. The van der Waals surface area contributed by atoms with Crippen LogP contribution in [0.4, 0.5) is 0 Å². The van der Waals surface area contributed by atoms with Crippen molar-refractivity contribution in [1.82, 2.24) is 10.2 Å². The molecular weight excluding hydrogens is 268 g/mol. The summed E-state index contributed by atoms with van der Waals surface area (Å²) in [5, 5.41) is 19.5. The number of primary sulfonamides is 1. The second-order valence-corrected chi connectivity index (χ2v) is 6.81. The maximum Gasteiger partial charge on any atom is 0.210 e. The van der Waals surface area contributed by atoms with Gasteiger partial charge in [0.2, 0.25) is 10.0 Å². The fraction of sp³-hybridized carbons (Fsp3) is 0.286. The standard InChI is InChI=1S/C7H8N4O4S2/c8-5-6-1-2-10-11-7(6)16(12,13)3-4-17(9,14)15/h1-2H,3-4H2,(H2,9,14,15). The summed E-state index contributed by atoms with van der Waals surface area (Å²) in [7, 11) is -7.89. The van der Waals surface area contributed by atoms with Crippen LogP contribution in [0, 0.1) is 11.3 Å². The van der Waals surface area contributed by atoms with Crippen LogP contribution >= 0.6 is 0 Å². The Hall–Kier alpha value is -1.57. The van der Waals surface area contributed by atoms with Crippen molar-refractivity contribution >= 4 is 19.9 Å². The van der Waals surface area contributed by atoms with Gasteiger partial charge in [-0.3, -0.25) is 0 Å². The molecule has 17 heavy (non-hydrogen) atoms. The topological polar surface area (TPSA) is 144 Å². The lowest BCUT2D eigenvalue weighted by atomic mass is 10.3. The SMILES string of the molecule is N#Cc1ccnnc1S(=O)(=O)CCS(N)(=O)=O. The Labute approximate surface area is 98.1 Å². The molecule has 0 spiro atoms. The van der Waals surface area contributed by atoms with Crippen molar-refractivity contribution in [3.05, 3.63) is 17.8 Å². The first kappa shape index (κ1) is 13.5. The van der Waals surface area contributed by atoms with Crippen molar-refractivity contribution in [2.75, 3.05) is 11.5 Å². The Kier molecular flexibility index (Phi) is 3.76. The molecule has 0 amide bonds. The summed E-state index contributed by atoms with van der Waals surface area (Å²) in [5.74, 6) is -1.48. The van der Waals surface area contributed by atoms with Gasteiger partial charge >= 0.3 is 0 Å². The molecule has 92 valence electrons. The van der Waals surface area contributed by atoms with E-state index >= 15 is 0 Å². The lowest BCUT2D eigenvalue weighted by Crippen LogP contribution is -2.24. The van der Waals surface area contributed by atoms with E-state index in [-0.39, 0.29) is 5.56 Å². The van der Waals surface area contributed by atoms with Gasteiger partial charge in [0.25, 0.3) is 0 Å². The summed E-state index contributed by atoms with van der Waals surface area (Å²) in [6, 6.07) is 2.81. The van der Waals surface area contributed by atoms with Crippen molar-refractivity contribution in [2.45, 2.75) is 5.03 Å². The Bertz CT molecular complexity index is 659. The zero-order valence-electron chi connectivity index (χ0n) is 8.44. The third kappa shape index (κ3) is 3.74. The normalized spacial score (nSPS) is 12.0. The number of sulfonamides is 1. The maximum atomic E-state index is 11.7. The smallest absolute Gasteiger partial charge is 0.210 e. The van der Waals surface area contributed by atoms with Crippen molar-refractivity contribution in [3.63, 3.8) is 0 Å². The largest absolute Gasteiger partial charge is 0.229 e. The Balaban J connectivity index is 3.11. The third-order valence-electron chi connectivity index (χ3n) is 1.74. The molecule has 0 atom stereocenters. The van der Waals surface area contributed by atoms with E-state index in [2.05, 4.69) is 10.2 Å². The van der Waals surface area contributed by atoms with Crippen LogP contribution in [0.5, 0.6) is 0 Å². The van der Waals surface area contributed by atoms with E-state index in [9.17, 15) is 16.8 Å². The molecule has 0 bridgehead atoms. The molecule has 0 saturated carbocycles. The van der Waals surface area contributed by atoms with Gasteiger partial charge in [-0.25, -0.2) is 22.0 Å². The average molecular weight is 276 g/mol. The van der Waals surface area contributed by atoms with Crippen LogP contribution in [0.1, 0.15) is 5.56 Å². The molecule has 0 saturated heterocycles. The quantitative estimate of drug-likeness (QED) is 0.697. The van der Waals surface area contributed by atoms with E-state index in [1.165, 1.54) is 6.07 Å². The molecule has 0 aliphatic heterocycles. The Morgan fingerprint density at radius 1 is 1.29 bits per heavy atom. The molecule has 1 heterocycles. The van der Waals surface area contributed by atoms with Gasteiger partial charge in [0, 0.05) is 0 Å². The molecule has 1 aromatic heterocycles. The molecule has 1 aromatic rings. The Morgan fingerprint density at radius 2 is 1.94 bits per heavy atom. The van der Waals surface area contributed by atoms with E-state index < -0.39 is 36.4 Å². The van der Waals surface area contributed by atoms with Crippen LogP contribution in [0.15, 0.2) is 17.3 Å². The van der Waals surface area contributed by atoms with Gasteiger partial charge in [0.1, 0.15) is 6.07 Å². The monoisotopic (exact) mass is 276 g/mol. The zero-order valence-corrected chi connectivity index (χ0v) is 10.1. The van der Waals surface area contributed by atoms with Crippen LogP contribution < -0.4 is 5.14 Å². The second kappa shape index (κ2) is 4.74. The first-order valence-corrected chi connectivity index (χ1v) is 7.58. The number of hydrogen-bond donors (Lipinski definition) is 1. The fourth-order valence-corrected chi connectivity index (χ4v) is 3.58. The molecule has 0 aliphatic carbocycles. The van der Waals surface area contributed by atoms with Crippen molar-refractivity contribution < 1.29 is 16.8 Å². The molecule has 2 N–H and O–H groups in total. The predicted octanol–water partition coefficient (Wildman–Crippen LogP) is -1.59. The highest BCUT2D eigenvalue weighted by molar-refractivity contribution is 7.94. The van der Waals surface area contributed by atoms with Gasteiger partial charge in [-0.15, -0.1) is 5.10 Å². The van der Waals surface area contributed by atoms with Crippen molar-refractivity contribution in [1.29, 1.82) is 5.26 Å². The van der Waals surface area contributed by atoms with Crippen LogP contribution in [0.2, 0.25) is 0 Å². The van der Waals surface area contributed by atoms with E-state index in [1.54, 1.807) is 6.07 Å². The van der Waals surface area contributed by atoms with E-state index in [4.69, 9.17) is 10.4 Å². The van der Waals surface area contributed by atoms with Gasteiger partial charge in [0.05, 0.1) is 23.3 Å². The second-order valence-electron chi connectivity index (χ2n) is 3.05. The number of sulfone groups is 1. The molecule has 0 unspecified atom stereocenters. The van der Waals surface area contributed by atoms with E-state index in [0.29, 0.717) is 0 Å². The molecule has 0 aliphatic rings. The molecule has 10 heteroatoms. The van der Waals surface area contributed by atoms with Gasteiger partial charge in [-0.2, -0.15) is 10.4 Å². The summed E-state index contributed by atoms with van der Waals surface area (Å²) in [6.45, 7) is 0. The van der Waals surface area contributed by atoms with E-state index in [0.717, 1.165) is 6.20 Å². The summed E-state index contributed by atoms with van der Waals surface area (Å²) in [5.41, 5.74) is -0.186. The molecule has 0 aromatic carbocycles. The lowest BCUT2D eigenvalue weighted by Gasteiger charge is -2.02. The Morgan fingerprint density at radius 3 is 2.47 bits per heavy atom. The number of nitrogens with two attached hydrogens (primary N) is 1. The van der Waals surface area contributed by atoms with Gasteiger partial charge in [-0.1, -0.05) is 0 Å². The van der Waals surface area contributed by atoms with Gasteiger partial charge in [-0.05, 0) is 6.07 Å². The zero-order chi connectivity index (χ0) is 13.1. The fourth-order valence-electron chi connectivity index (χ4n) is 0.956. The minimum Gasteiger partial charge on any atom is -0.229 e. The number of rotatable bonds is 4. The summed E-state index contributed by atoms with van der Waals surface area (Å²) in [4.78, 5) is 0. The maximum absolute atomic E-state index is 11.7. The van der Waals surface area contributed by atoms with Gasteiger partial charge < -0.3 is 0 Å². The number of hydrogen-bond acceptors (Lipinski definition) is 7. The highest BCUT2D eigenvalue weighted by atomic mass is 32.2. The first-order valence-electron chi connectivity index (χ1n) is 4.21. The molecule has 0 fully saturated rings. The van der Waals surface area contributed by atoms with Gasteiger partial charge in [0.15, 0.2) is 14.9 Å². The molecule has 8 nitrogen and oxygen atoms in total. The first-order chi connectivity index (χ1) is 7.76. The van der Waals surface area contributed by atoms with Crippen molar-refractivity contribution in [3.8, 4) is 6.07 Å². The summed E-state index contributed by atoms with van der Waals surface area (Å²) in [6.07, 6.45) is 1.16. The molecular formula is C7H8N4O4S2. The minimum atomic E-state index is -3.99. The van der Waals surface area contributed by atoms with Crippen molar-refractivity contribution in [2.24, 2.45) is 5.14 Å². The number of nitrogens with zero attached hydrogens (tertiary/aromatic N) is 3.